The number of hydrogen-bond acceptors (Lipinski definition) is 4. The average Bonchev–Trinajstić information content (AvgIpc) is 3.01. The number of nitrogens with zero attached hydrogens (tertiary/aromatic N) is 1. The van der Waals surface area contributed by atoms with Crippen molar-refractivity contribution in [1.82, 2.24) is 5.16 Å². The molecule has 0 atom stereocenters. The Bertz CT molecular complexity index is 719. The highest BCUT2D eigenvalue weighted by molar-refractivity contribution is 7.13. The molecule has 2 N–H and O–H groups in total. The topological polar surface area (TPSA) is 52.0 Å². The number of aryl methyl sites for hydroxylation is 1. The van der Waals surface area contributed by atoms with Gasteiger partial charge in [0.1, 0.15) is 0 Å². The molecule has 0 fully saturated rings. The van der Waals surface area contributed by atoms with Crippen LogP contribution in [0.25, 0.3) is 21.8 Å². The number of halogens is 1. The van der Waals surface area contributed by atoms with Gasteiger partial charge in [-0.2, -0.15) is 0 Å². The molecule has 96 valence electrons. The Morgan fingerprint density at radius 2 is 2.16 bits per heavy atom. The van der Waals surface area contributed by atoms with E-state index in [4.69, 9.17) is 21.9 Å². The molecule has 3 aromatic rings. The molecule has 3 rings (SSSR count). The molecule has 0 saturated carbocycles. The van der Waals surface area contributed by atoms with Crippen LogP contribution in [-0.2, 0) is 0 Å². The first-order valence-corrected chi connectivity index (χ1v) is 6.98. The van der Waals surface area contributed by atoms with Crippen LogP contribution in [0.2, 0.25) is 5.02 Å². The molecule has 0 unspecified atom stereocenters. The summed E-state index contributed by atoms with van der Waals surface area (Å²) < 4.78 is 5.41. The van der Waals surface area contributed by atoms with E-state index in [0.29, 0.717) is 16.6 Å². The highest BCUT2D eigenvalue weighted by Crippen LogP contribution is 2.40. The summed E-state index contributed by atoms with van der Waals surface area (Å²) in [6.07, 6.45) is 0. The smallest absolute Gasteiger partial charge is 0.178 e. The van der Waals surface area contributed by atoms with Crippen molar-refractivity contribution in [1.29, 1.82) is 0 Å². The molecule has 0 aliphatic carbocycles. The number of nitrogens with two attached hydrogens (primary N) is 1. The van der Waals surface area contributed by atoms with Gasteiger partial charge in [0.2, 0.25) is 0 Å². The molecule has 0 aliphatic heterocycles. The second kappa shape index (κ2) is 4.72. The largest absolute Gasteiger partial charge is 0.380 e. The van der Waals surface area contributed by atoms with Crippen LogP contribution in [0.15, 0.2) is 40.2 Å². The first kappa shape index (κ1) is 12.3. The SMILES string of the molecule is Cc1ccc(Cl)cc1-c1onc(N)c1-c1cccs1. The van der Waals surface area contributed by atoms with Crippen molar-refractivity contribution in [2.24, 2.45) is 0 Å². The summed E-state index contributed by atoms with van der Waals surface area (Å²) in [5.41, 5.74) is 8.75. The fraction of sp³-hybridized carbons (Fsp3) is 0.0714. The Morgan fingerprint density at radius 3 is 2.89 bits per heavy atom. The number of hydrogen-bond donors (Lipinski definition) is 1. The van der Waals surface area contributed by atoms with Gasteiger partial charge in [-0.3, -0.25) is 0 Å². The van der Waals surface area contributed by atoms with E-state index in [9.17, 15) is 0 Å². The molecule has 0 bridgehead atoms. The second-order valence-electron chi connectivity index (χ2n) is 4.21. The van der Waals surface area contributed by atoms with Crippen LogP contribution in [0, 0.1) is 6.92 Å². The summed E-state index contributed by atoms with van der Waals surface area (Å²) in [6.45, 7) is 2.00. The lowest BCUT2D eigenvalue weighted by atomic mass is 10.0. The zero-order valence-corrected chi connectivity index (χ0v) is 11.8. The Hall–Kier alpha value is -1.78. The zero-order valence-electron chi connectivity index (χ0n) is 10.2. The summed E-state index contributed by atoms with van der Waals surface area (Å²) in [6, 6.07) is 9.64. The maximum Gasteiger partial charge on any atom is 0.178 e. The van der Waals surface area contributed by atoms with Gasteiger partial charge in [-0.25, -0.2) is 0 Å². The highest BCUT2D eigenvalue weighted by atomic mass is 35.5. The normalized spacial score (nSPS) is 10.8. The molecule has 2 heterocycles. The Balaban J connectivity index is 2.24. The molecule has 3 nitrogen and oxygen atoms in total. The molecular formula is C14H11ClN2OS. The van der Waals surface area contributed by atoms with Crippen molar-refractivity contribution in [3.63, 3.8) is 0 Å². The van der Waals surface area contributed by atoms with Crippen molar-refractivity contribution in [3.8, 4) is 21.8 Å². The van der Waals surface area contributed by atoms with Crippen LogP contribution in [0.5, 0.6) is 0 Å². The first-order chi connectivity index (χ1) is 9.16. The minimum absolute atomic E-state index is 0.400. The van der Waals surface area contributed by atoms with Crippen molar-refractivity contribution in [2.75, 3.05) is 5.73 Å². The number of benzene rings is 1. The van der Waals surface area contributed by atoms with E-state index in [0.717, 1.165) is 21.6 Å². The van der Waals surface area contributed by atoms with Gasteiger partial charge in [-0.1, -0.05) is 28.9 Å². The van der Waals surface area contributed by atoms with E-state index in [1.807, 2.05) is 42.6 Å². The first-order valence-electron chi connectivity index (χ1n) is 5.72. The van der Waals surface area contributed by atoms with Gasteiger partial charge in [0.15, 0.2) is 11.6 Å². The van der Waals surface area contributed by atoms with E-state index in [2.05, 4.69) is 5.16 Å². The molecule has 5 heteroatoms. The molecule has 19 heavy (non-hydrogen) atoms. The number of aromatic nitrogens is 1. The molecule has 0 spiro atoms. The van der Waals surface area contributed by atoms with Crippen LogP contribution in [0.4, 0.5) is 5.82 Å². The number of anilines is 1. The lowest BCUT2D eigenvalue weighted by molar-refractivity contribution is 0.436. The number of thiophene rings is 1. The van der Waals surface area contributed by atoms with E-state index in [1.54, 1.807) is 11.3 Å². The van der Waals surface area contributed by atoms with Crippen molar-refractivity contribution >= 4 is 28.8 Å². The van der Waals surface area contributed by atoms with Gasteiger partial charge in [0, 0.05) is 15.5 Å². The molecular weight excluding hydrogens is 280 g/mol. The van der Waals surface area contributed by atoms with Gasteiger partial charge >= 0.3 is 0 Å². The van der Waals surface area contributed by atoms with Crippen LogP contribution >= 0.6 is 22.9 Å². The fourth-order valence-electron chi connectivity index (χ4n) is 1.98. The van der Waals surface area contributed by atoms with Crippen LogP contribution < -0.4 is 5.73 Å². The molecule has 0 saturated heterocycles. The van der Waals surface area contributed by atoms with E-state index in [1.165, 1.54) is 0 Å². The zero-order chi connectivity index (χ0) is 13.4. The summed E-state index contributed by atoms with van der Waals surface area (Å²) in [5, 5.41) is 6.54. The Kier molecular flexibility index (Phi) is 3.05. The highest BCUT2D eigenvalue weighted by Gasteiger charge is 2.19. The summed E-state index contributed by atoms with van der Waals surface area (Å²) in [7, 11) is 0. The quantitative estimate of drug-likeness (QED) is 0.749. The predicted molar refractivity (Wildman–Crippen MR) is 79.4 cm³/mol. The van der Waals surface area contributed by atoms with Gasteiger partial charge in [0.05, 0.1) is 5.56 Å². The Labute approximate surface area is 119 Å². The third-order valence-electron chi connectivity index (χ3n) is 2.93. The molecule has 1 aromatic carbocycles. The minimum Gasteiger partial charge on any atom is -0.380 e. The number of nitrogen functional groups attached to an aromatic ring is 1. The predicted octanol–water partition coefficient (Wildman–Crippen LogP) is 4.61. The monoisotopic (exact) mass is 290 g/mol. The van der Waals surface area contributed by atoms with Crippen LogP contribution in [0.3, 0.4) is 0 Å². The van der Waals surface area contributed by atoms with Crippen LogP contribution in [-0.4, -0.2) is 5.16 Å². The van der Waals surface area contributed by atoms with Gasteiger partial charge in [-0.05, 0) is 36.1 Å². The third-order valence-corrected chi connectivity index (χ3v) is 4.05. The number of rotatable bonds is 2. The summed E-state index contributed by atoms with van der Waals surface area (Å²) in [5.74, 6) is 1.07. The standard InChI is InChI=1S/C14H11ClN2OS/c1-8-4-5-9(15)7-10(8)13-12(14(16)17-18-13)11-3-2-6-19-11/h2-7H,1H3,(H2,16,17). The van der Waals surface area contributed by atoms with Crippen molar-refractivity contribution < 1.29 is 4.52 Å². The average molecular weight is 291 g/mol. The van der Waals surface area contributed by atoms with Crippen molar-refractivity contribution in [3.05, 3.63) is 46.3 Å². The second-order valence-corrected chi connectivity index (χ2v) is 5.59. The minimum atomic E-state index is 0.400. The van der Waals surface area contributed by atoms with Crippen LogP contribution in [0.1, 0.15) is 5.56 Å². The summed E-state index contributed by atoms with van der Waals surface area (Å²) in [4.78, 5) is 1.04. The lowest BCUT2D eigenvalue weighted by Crippen LogP contribution is -1.88. The van der Waals surface area contributed by atoms with E-state index in [-0.39, 0.29) is 0 Å². The molecule has 2 aromatic heterocycles. The molecule has 0 amide bonds. The van der Waals surface area contributed by atoms with Gasteiger partial charge in [-0.15, -0.1) is 11.3 Å². The maximum absolute atomic E-state index is 6.06. The molecule has 0 radical (unpaired) electrons. The van der Waals surface area contributed by atoms with E-state index < -0.39 is 0 Å². The maximum atomic E-state index is 6.06. The molecule has 0 aliphatic rings. The third kappa shape index (κ3) is 2.13. The lowest BCUT2D eigenvalue weighted by Gasteiger charge is -2.04. The summed E-state index contributed by atoms with van der Waals surface area (Å²) >= 11 is 7.66. The van der Waals surface area contributed by atoms with Crippen molar-refractivity contribution in [2.45, 2.75) is 6.92 Å². The van der Waals surface area contributed by atoms with E-state index >= 15 is 0 Å². The van der Waals surface area contributed by atoms with Gasteiger partial charge in [0.25, 0.3) is 0 Å². The fourth-order valence-corrected chi connectivity index (χ4v) is 2.93. The van der Waals surface area contributed by atoms with Gasteiger partial charge < -0.3 is 10.3 Å². The Morgan fingerprint density at radius 1 is 1.32 bits per heavy atom.